The number of carbonyl (C=O) groups excluding carboxylic acids is 1. The molecule has 8 nitrogen and oxygen atoms in total. The molecule has 0 saturated heterocycles. The molecule has 0 bridgehead atoms. The van der Waals surface area contributed by atoms with E-state index in [4.69, 9.17) is 9.84 Å². The van der Waals surface area contributed by atoms with E-state index < -0.39 is 17.6 Å². The number of hydrogen-bond donors (Lipinski definition) is 2. The van der Waals surface area contributed by atoms with Crippen LogP contribution in [0.1, 0.15) is 21.0 Å². The van der Waals surface area contributed by atoms with Crippen molar-refractivity contribution >= 4 is 17.6 Å². The Morgan fingerprint density at radius 3 is 2.40 bits per heavy atom. The quantitative estimate of drug-likeness (QED) is 0.848. The number of nitrogens with zero attached hydrogens (tertiary/aromatic N) is 3. The second-order valence-electron chi connectivity index (χ2n) is 3.60. The van der Waals surface area contributed by atoms with Crippen molar-refractivity contribution in [2.24, 2.45) is 0 Å². The second-order valence-corrected chi connectivity index (χ2v) is 3.60. The molecular formula is C12H10N4O4. The van der Waals surface area contributed by atoms with Gasteiger partial charge in [0.25, 0.3) is 5.91 Å². The number of hydrogen-bond acceptors (Lipinski definition) is 6. The molecule has 102 valence electrons. The Balaban J connectivity index is 2.21. The number of rotatable bonds is 4. The van der Waals surface area contributed by atoms with E-state index in [9.17, 15) is 9.59 Å². The normalized spacial score (nSPS) is 9.85. The zero-order chi connectivity index (χ0) is 14.5. The van der Waals surface area contributed by atoms with Gasteiger partial charge in [0, 0.05) is 18.5 Å². The van der Waals surface area contributed by atoms with E-state index in [1.165, 1.54) is 25.7 Å². The van der Waals surface area contributed by atoms with E-state index in [1.54, 1.807) is 12.1 Å². The van der Waals surface area contributed by atoms with E-state index in [2.05, 4.69) is 20.3 Å². The first-order valence-electron chi connectivity index (χ1n) is 5.47. The van der Waals surface area contributed by atoms with E-state index in [0.717, 1.165) is 0 Å². The maximum atomic E-state index is 12.0. The lowest BCUT2D eigenvalue weighted by atomic mass is 10.2. The zero-order valence-electron chi connectivity index (χ0n) is 10.4. The van der Waals surface area contributed by atoms with Crippen LogP contribution in [0.15, 0.2) is 30.7 Å². The van der Waals surface area contributed by atoms with Crippen molar-refractivity contribution in [2.75, 3.05) is 12.4 Å². The topological polar surface area (TPSA) is 114 Å². The molecule has 20 heavy (non-hydrogen) atoms. The molecule has 2 rings (SSSR count). The van der Waals surface area contributed by atoms with Crippen LogP contribution in [0.4, 0.5) is 5.69 Å². The van der Waals surface area contributed by atoms with E-state index in [-0.39, 0.29) is 5.69 Å². The van der Waals surface area contributed by atoms with Gasteiger partial charge in [-0.15, -0.1) is 0 Å². The molecule has 0 radical (unpaired) electrons. The SMILES string of the molecule is COc1ccc(NC(=O)c2nccnc2C(=O)O)cn1. The lowest BCUT2D eigenvalue weighted by Gasteiger charge is -2.06. The van der Waals surface area contributed by atoms with E-state index in [0.29, 0.717) is 11.6 Å². The molecule has 0 atom stereocenters. The monoisotopic (exact) mass is 274 g/mol. The third kappa shape index (κ3) is 2.86. The van der Waals surface area contributed by atoms with Crippen LogP contribution in [0, 0.1) is 0 Å². The predicted molar refractivity (Wildman–Crippen MR) is 67.7 cm³/mol. The number of anilines is 1. The second kappa shape index (κ2) is 5.74. The van der Waals surface area contributed by atoms with Crippen LogP contribution in [0.25, 0.3) is 0 Å². The number of aromatic nitrogens is 3. The van der Waals surface area contributed by atoms with Gasteiger partial charge in [0.15, 0.2) is 11.4 Å². The number of ether oxygens (including phenoxy) is 1. The Hall–Kier alpha value is -3.03. The van der Waals surface area contributed by atoms with Crippen LogP contribution in [-0.4, -0.2) is 39.0 Å². The first kappa shape index (κ1) is 13.4. The number of amides is 1. The average molecular weight is 274 g/mol. The first-order chi connectivity index (χ1) is 9.61. The number of pyridine rings is 1. The number of carboxylic acids is 1. The number of methoxy groups -OCH3 is 1. The van der Waals surface area contributed by atoms with Gasteiger partial charge in [-0.2, -0.15) is 0 Å². The van der Waals surface area contributed by atoms with Crippen molar-refractivity contribution in [2.45, 2.75) is 0 Å². The summed E-state index contributed by atoms with van der Waals surface area (Å²) in [7, 11) is 1.47. The minimum Gasteiger partial charge on any atom is -0.481 e. The van der Waals surface area contributed by atoms with Gasteiger partial charge < -0.3 is 15.2 Å². The minimum atomic E-state index is -1.32. The zero-order valence-corrected chi connectivity index (χ0v) is 10.4. The molecule has 2 N–H and O–H groups in total. The van der Waals surface area contributed by atoms with Gasteiger partial charge in [-0.3, -0.25) is 4.79 Å². The lowest BCUT2D eigenvalue weighted by Crippen LogP contribution is -2.19. The third-order valence-electron chi connectivity index (χ3n) is 2.32. The summed E-state index contributed by atoms with van der Waals surface area (Å²) in [5, 5.41) is 11.4. The molecular weight excluding hydrogens is 264 g/mol. The van der Waals surface area contributed by atoms with Crippen molar-refractivity contribution in [3.8, 4) is 5.88 Å². The maximum absolute atomic E-state index is 12.0. The van der Waals surface area contributed by atoms with Crippen molar-refractivity contribution in [1.29, 1.82) is 0 Å². The molecule has 8 heteroatoms. The summed E-state index contributed by atoms with van der Waals surface area (Å²) in [6, 6.07) is 3.13. The van der Waals surface area contributed by atoms with Crippen LogP contribution in [0.3, 0.4) is 0 Å². The molecule has 2 aromatic rings. The van der Waals surface area contributed by atoms with Crippen molar-refractivity contribution < 1.29 is 19.4 Å². The summed E-state index contributed by atoms with van der Waals surface area (Å²) in [5.41, 5.74) is -0.292. The highest BCUT2D eigenvalue weighted by molar-refractivity contribution is 6.08. The first-order valence-corrected chi connectivity index (χ1v) is 5.47. The van der Waals surface area contributed by atoms with Gasteiger partial charge in [0.05, 0.1) is 19.0 Å². The molecule has 0 aromatic carbocycles. The highest BCUT2D eigenvalue weighted by Crippen LogP contribution is 2.12. The molecule has 0 fully saturated rings. The van der Waals surface area contributed by atoms with Crippen molar-refractivity contribution in [3.05, 3.63) is 42.1 Å². The van der Waals surface area contributed by atoms with Gasteiger partial charge in [-0.1, -0.05) is 0 Å². The van der Waals surface area contributed by atoms with Crippen molar-refractivity contribution in [1.82, 2.24) is 15.0 Å². The van der Waals surface area contributed by atoms with E-state index >= 15 is 0 Å². The summed E-state index contributed by atoms with van der Waals surface area (Å²) in [4.78, 5) is 34.2. The van der Waals surface area contributed by atoms with Gasteiger partial charge >= 0.3 is 5.97 Å². The fourth-order valence-electron chi connectivity index (χ4n) is 1.43. The Kier molecular flexibility index (Phi) is 3.85. The molecule has 0 aliphatic carbocycles. The molecule has 0 saturated carbocycles. The summed E-state index contributed by atoms with van der Waals surface area (Å²) in [6.45, 7) is 0. The summed E-state index contributed by atoms with van der Waals surface area (Å²) < 4.78 is 4.89. The van der Waals surface area contributed by atoms with Crippen LogP contribution >= 0.6 is 0 Å². The average Bonchev–Trinajstić information content (AvgIpc) is 2.48. The predicted octanol–water partition coefficient (Wildman–Crippen LogP) is 0.831. The molecule has 0 unspecified atom stereocenters. The number of carboxylic acid groups (broad SMARTS) is 1. The smallest absolute Gasteiger partial charge is 0.356 e. The summed E-state index contributed by atoms with van der Waals surface area (Å²) in [6.07, 6.45) is 3.83. The summed E-state index contributed by atoms with van der Waals surface area (Å²) >= 11 is 0. The van der Waals surface area contributed by atoms with E-state index in [1.807, 2.05) is 0 Å². The molecule has 1 amide bonds. The highest BCUT2D eigenvalue weighted by atomic mass is 16.5. The highest BCUT2D eigenvalue weighted by Gasteiger charge is 2.19. The van der Waals surface area contributed by atoms with Crippen LogP contribution in [-0.2, 0) is 0 Å². The van der Waals surface area contributed by atoms with Crippen LogP contribution in [0.5, 0.6) is 5.88 Å². The molecule has 0 aliphatic heterocycles. The minimum absolute atomic E-state index is 0.268. The summed E-state index contributed by atoms with van der Waals surface area (Å²) in [5.74, 6) is -1.60. The Labute approximate surface area is 113 Å². The Morgan fingerprint density at radius 1 is 1.15 bits per heavy atom. The lowest BCUT2D eigenvalue weighted by molar-refractivity contribution is 0.0685. The third-order valence-corrected chi connectivity index (χ3v) is 2.32. The van der Waals surface area contributed by atoms with Gasteiger partial charge in [-0.25, -0.2) is 19.7 Å². The molecule has 0 spiro atoms. The van der Waals surface area contributed by atoms with Crippen molar-refractivity contribution in [3.63, 3.8) is 0 Å². The molecule has 0 aliphatic rings. The fraction of sp³-hybridized carbons (Fsp3) is 0.0833. The maximum Gasteiger partial charge on any atom is 0.356 e. The van der Waals surface area contributed by atoms with Gasteiger partial charge in [-0.05, 0) is 6.07 Å². The number of aromatic carboxylic acids is 1. The number of carbonyl (C=O) groups is 2. The standard InChI is InChI=1S/C12H10N4O4/c1-20-8-3-2-7(6-15-8)16-11(17)9-10(12(18)19)14-5-4-13-9/h2-6H,1H3,(H,16,17)(H,18,19). The van der Waals surface area contributed by atoms with Crippen LogP contribution < -0.4 is 10.1 Å². The molecule has 2 aromatic heterocycles. The largest absolute Gasteiger partial charge is 0.481 e. The van der Waals surface area contributed by atoms with Gasteiger partial charge in [0.2, 0.25) is 5.88 Å². The van der Waals surface area contributed by atoms with Gasteiger partial charge in [0.1, 0.15) is 0 Å². The fourth-order valence-corrected chi connectivity index (χ4v) is 1.43. The Bertz CT molecular complexity index is 642. The Morgan fingerprint density at radius 2 is 1.85 bits per heavy atom. The molecule has 2 heterocycles. The number of nitrogens with one attached hydrogen (secondary N) is 1. The van der Waals surface area contributed by atoms with Crippen LogP contribution in [0.2, 0.25) is 0 Å².